The predicted octanol–water partition coefficient (Wildman–Crippen LogP) is 3.80. The molecular weight excluding hydrogens is 268 g/mol. The van der Waals surface area contributed by atoms with Crippen LogP contribution in [0.1, 0.15) is 26.3 Å². The third kappa shape index (κ3) is 5.12. The van der Waals surface area contributed by atoms with Crippen molar-refractivity contribution in [3.8, 4) is 0 Å². The number of ether oxygens (including phenoxy) is 1. The molecule has 3 heteroatoms. The molecule has 0 heterocycles. The maximum absolute atomic E-state index is 11.4. The minimum atomic E-state index is -0.443. The second kappa shape index (κ2) is 5.30. The minimum Gasteiger partial charge on any atom is -0.457 e. The zero-order chi connectivity index (χ0) is 12.2. The van der Waals surface area contributed by atoms with Crippen molar-refractivity contribution in [3.63, 3.8) is 0 Å². The fourth-order valence-corrected chi connectivity index (χ4v) is 1.34. The van der Waals surface area contributed by atoms with Crippen LogP contribution in [-0.4, -0.2) is 11.6 Å². The summed E-state index contributed by atoms with van der Waals surface area (Å²) in [6, 6.07) is 7.69. The summed E-state index contributed by atoms with van der Waals surface area (Å²) in [4.78, 5) is 11.4. The summed E-state index contributed by atoms with van der Waals surface area (Å²) in [6.07, 6.45) is 3.18. The molecule has 1 aromatic rings. The molecule has 2 nitrogen and oxygen atoms in total. The van der Waals surface area contributed by atoms with Gasteiger partial charge in [0, 0.05) is 10.5 Å². The molecule has 0 saturated carbocycles. The van der Waals surface area contributed by atoms with Crippen molar-refractivity contribution >= 4 is 28.0 Å². The molecule has 0 amide bonds. The summed E-state index contributed by atoms with van der Waals surface area (Å²) in [6.45, 7) is 5.54. The van der Waals surface area contributed by atoms with E-state index in [4.69, 9.17) is 4.74 Å². The fourth-order valence-electron chi connectivity index (χ4n) is 1.07. The summed E-state index contributed by atoms with van der Waals surface area (Å²) in [5.74, 6) is -0.324. The van der Waals surface area contributed by atoms with E-state index < -0.39 is 5.60 Å². The van der Waals surface area contributed by atoms with Crippen LogP contribution in [0.2, 0.25) is 0 Å². The van der Waals surface area contributed by atoms with Gasteiger partial charge in [0.1, 0.15) is 5.60 Å². The molecule has 16 heavy (non-hydrogen) atoms. The second-order valence-electron chi connectivity index (χ2n) is 4.42. The smallest absolute Gasteiger partial charge is 0.331 e. The summed E-state index contributed by atoms with van der Waals surface area (Å²) < 4.78 is 6.16. The van der Waals surface area contributed by atoms with E-state index in [0.717, 1.165) is 10.0 Å². The molecule has 0 bridgehead atoms. The number of benzene rings is 1. The third-order valence-corrected chi connectivity index (χ3v) is 2.22. The first-order valence-electron chi connectivity index (χ1n) is 5.03. The molecule has 0 aliphatic heterocycles. The zero-order valence-electron chi connectivity index (χ0n) is 9.66. The molecule has 0 aliphatic carbocycles. The van der Waals surface area contributed by atoms with E-state index in [0.29, 0.717) is 0 Å². The Kier molecular flexibility index (Phi) is 4.30. The van der Waals surface area contributed by atoms with E-state index in [1.54, 1.807) is 6.08 Å². The molecular formula is C13H15BrO2. The van der Waals surface area contributed by atoms with Crippen molar-refractivity contribution in [3.05, 3.63) is 40.4 Å². The molecule has 1 rings (SSSR count). The van der Waals surface area contributed by atoms with Gasteiger partial charge in [-0.25, -0.2) is 4.79 Å². The van der Waals surface area contributed by atoms with Crippen molar-refractivity contribution in [2.45, 2.75) is 26.4 Å². The van der Waals surface area contributed by atoms with Crippen LogP contribution in [0.4, 0.5) is 0 Å². The van der Waals surface area contributed by atoms with Crippen molar-refractivity contribution < 1.29 is 9.53 Å². The molecule has 0 atom stereocenters. The first-order valence-corrected chi connectivity index (χ1v) is 5.83. The summed E-state index contributed by atoms with van der Waals surface area (Å²) in [5.41, 5.74) is 0.523. The van der Waals surface area contributed by atoms with E-state index in [1.165, 1.54) is 6.08 Å². The molecule has 0 radical (unpaired) electrons. The van der Waals surface area contributed by atoms with Crippen LogP contribution in [-0.2, 0) is 9.53 Å². The van der Waals surface area contributed by atoms with E-state index in [9.17, 15) is 4.79 Å². The molecule has 86 valence electrons. The van der Waals surface area contributed by atoms with Crippen LogP contribution in [0.15, 0.2) is 34.8 Å². The standard InChI is InChI=1S/C13H15BrO2/c1-13(2,3)16-12(15)9-6-10-4-7-11(14)8-5-10/h4-9H,1-3H3/b9-6+. The Balaban J connectivity index is 2.60. The van der Waals surface area contributed by atoms with Crippen LogP contribution >= 0.6 is 15.9 Å². The van der Waals surface area contributed by atoms with Crippen LogP contribution in [0, 0.1) is 0 Å². The Bertz CT molecular complexity index is 385. The topological polar surface area (TPSA) is 26.3 Å². The van der Waals surface area contributed by atoms with Gasteiger partial charge in [-0.3, -0.25) is 0 Å². The lowest BCUT2D eigenvalue weighted by molar-refractivity contribution is -0.148. The van der Waals surface area contributed by atoms with Gasteiger partial charge in [0.05, 0.1) is 0 Å². The maximum Gasteiger partial charge on any atom is 0.331 e. The molecule has 0 N–H and O–H groups in total. The number of carbonyl (C=O) groups excluding carboxylic acids is 1. The lowest BCUT2D eigenvalue weighted by Gasteiger charge is -2.17. The molecule has 0 aliphatic rings. The summed E-state index contributed by atoms with van der Waals surface area (Å²) >= 11 is 3.35. The lowest BCUT2D eigenvalue weighted by Crippen LogP contribution is -2.22. The first kappa shape index (κ1) is 13.0. The Labute approximate surface area is 104 Å². The molecule has 0 unspecified atom stereocenters. The third-order valence-electron chi connectivity index (χ3n) is 1.69. The Morgan fingerprint density at radius 2 is 1.81 bits per heavy atom. The van der Waals surface area contributed by atoms with Gasteiger partial charge < -0.3 is 4.74 Å². The molecule has 0 fully saturated rings. The van der Waals surface area contributed by atoms with Gasteiger partial charge in [-0.05, 0) is 44.5 Å². The number of hydrogen-bond donors (Lipinski definition) is 0. The maximum atomic E-state index is 11.4. The van der Waals surface area contributed by atoms with Gasteiger partial charge in [0.2, 0.25) is 0 Å². The zero-order valence-corrected chi connectivity index (χ0v) is 11.2. The Morgan fingerprint density at radius 3 is 2.31 bits per heavy atom. The number of esters is 1. The van der Waals surface area contributed by atoms with Crippen molar-refractivity contribution in [1.82, 2.24) is 0 Å². The lowest BCUT2D eigenvalue weighted by atomic mass is 10.2. The van der Waals surface area contributed by atoms with Crippen LogP contribution in [0.3, 0.4) is 0 Å². The molecule has 1 aromatic carbocycles. The van der Waals surface area contributed by atoms with Gasteiger partial charge >= 0.3 is 5.97 Å². The van der Waals surface area contributed by atoms with Crippen molar-refractivity contribution in [1.29, 1.82) is 0 Å². The predicted molar refractivity (Wildman–Crippen MR) is 69.0 cm³/mol. The highest BCUT2D eigenvalue weighted by atomic mass is 79.9. The highest BCUT2D eigenvalue weighted by Crippen LogP contribution is 2.12. The summed E-state index contributed by atoms with van der Waals surface area (Å²) in [5, 5.41) is 0. The number of rotatable bonds is 2. The number of halogens is 1. The van der Waals surface area contributed by atoms with E-state index in [1.807, 2.05) is 45.0 Å². The monoisotopic (exact) mass is 282 g/mol. The average molecular weight is 283 g/mol. The molecule has 0 saturated heterocycles. The van der Waals surface area contributed by atoms with Crippen LogP contribution < -0.4 is 0 Å². The van der Waals surface area contributed by atoms with Gasteiger partial charge in [0.25, 0.3) is 0 Å². The summed E-state index contributed by atoms with van der Waals surface area (Å²) in [7, 11) is 0. The SMILES string of the molecule is CC(C)(C)OC(=O)/C=C/c1ccc(Br)cc1. The minimum absolute atomic E-state index is 0.324. The molecule has 0 spiro atoms. The first-order chi connectivity index (χ1) is 7.37. The van der Waals surface area contributed by atoms with Gasteiger partial charge in [0.15, 0.2) is 0 Å². The van der Waals surface area contributed by atoms with Gasteiger partial charge in [-0.2, -0.15) is 0 Å². The van der Waals surface area contributed by atoms with E-state index in [2.05, 4.69) is 15.9 Å². The fraction of sp³-hybridized carbons (Fsp3) is 0.308. The molecule has 0 aromatic heterocycles. The second-order valence-corrected chi connectivity index (χ2v) is 5.33. The Hall–Kier alpha value is -1.09. The average Bonchev–Trinajstić information content (AvgIpc) is 2.14. The quantitative estimate of drug-likeness (QED) is 0.609. The Morgan fingerprint density at radius 1 is 1.25 bits per heavy atom. The van der Waals surface area contributed by atoms with Crippen molar-refractivity contribution in [2.24, 2.45) is 0 Å². The van der Waals surface area contributed by atoms with Crippen LogP contribution in [0.5, 0.6) is 0 Å². The highest BCUT2D eigenvalue weighted by Gasteiger charge is 2.13. The van der Waals surface area contributed by atoms with Gasteiger partial charge in [-0.15, -0.1) is 0 Å². The van der Waals surface area contributed by atoms with E-state index >= 15 is 0 Å². The largest absolute Gasteiger partial charge is 0.457 e. The van der Waals surface area contributed by atoms with Gasteiger partial charge in [-0.1, -0.05) is 28.1 Å². The van der Waals surface area contributed by atoms with Crippen LogP contribution in [0.25, 0.3) is 6.08 Å². The normalized spacial score (nSPS) is 11.8. The van der Waals surface area contributed by atoms with Crippen molar-refractivity contribution in [2.75, 3.05) is 0 Å². The number of carbonyl (C=O) groups is 1. The van der Waals surface area contributed by atoms with E-state index in [-0.39, 0.29) is 5.97 Å². The number of hydrogen-bond acceptors (Lipinski definition) is 2. The highest BCUT2D eigenvalue weighted by molar-refractivity contribution is 9.10.